The maximum absolute atomic E-state index is 14.7. The van der Waals surface area contributed by atoms with Crippen molar-refractivity contribution in [3.8, 4) is 11.1 Å². The molecule has 2 saturated heterocycles. The molecular weight excluding hydrogens is 666 g/mol. The van der Waals surface area contributed by atoms with E-state index in [4.69, 9.17) is 9.84 Å². The number of carbonyl (C=O) groups excluding carboxylic acids is 2. The van der Waals surface area contributed by atoms with Gasteiger partial charge in [0.1, 0.15) is 5.60 Å². The number of piperidine rings is 1. The van der Waals surface area contributed by atoms with Crippen LogP contribution >= 0.6 is 0 Å². The van der Waals surface area contributed by atoms with Gasteiger partial charge in [0.2, 0.25) is 5.91 Å². The third kappa shape index (κ3) is 6.47. The highest BCUT2D eigenvalue weighted by Crippen LogP contribution is 2.49. The lowest BCUT2D eigenvalue weighted by Gasteiger charge is -2.48. The molecular formula is C39H52F2N8O3. The zero-order valence-electron chi connectivity index (χ0n) is 31.2. The van der Waals surface area contributed by atoms with E-state index in [2.05, 4.69) is 19.6 Å². The van der Waals surface area contributed by atoms with Gasteiger partial charge >= 0.3 is 6.09 Å². The molecule has 13 heteroatoms. The third-order valence-corrected chi connectivity index (χ3v) is 12.1. The fourth-order valence-electron chi connectivity index (χ4n) is 9.57. The monoisotopic (exact) mass is 718 g/mol. The Bertz CT molecular complexity index is 1850. The van der Waals surface area contributed by atoms with Gasteiger partial charge in [0.05, 0.1) is 18.8 Å². The molecule has 1 atom stereocenters. The van der Waals surface area contributed by atoms with Crippen LogP contribution < -0.4 is 4.90 Å². The Kier molecular flexibility index (Phi) is 8.86. The first kappa shape index (κ1) is 35.1. The van der Waals surface area contributed by atoms with E-state index in [1.807, 2.05) is 36.6 Å². The van der Waals surface area contributed by atoms with Gasteiger partial charge in [-0.2, -0.15) is 10.2 Å². The molecule has 280 valence electrons. The summed E-state index contributed by atoms with van der Waals surface area (Å²) in [7, 11) is 1.79. The standard InChI is InChI=1S/C39H52F2N8O3/c1-25(50)46-16-11-33-32(22-46)36(48-13-6-7-26-17-30(27-20-42-44(5)21-27)31(35(40)41)18-34(26)48)43-49(33)28-9-14-45(15-10-28)29-8-12-39(19-29)23-47(24-39)37(51)52-38(2,3)4/h17-18,20-21,28-29,35H,6-16,19,22-24H2,1-5H3. The number of anilines is 2. The highest BCUT2D eigenvalue weighted by atomic mass is 19.3. The Morgan fingerprint density at radius 2 is 1.77 bits per heavy atom. The normalized spacial score (nSPS) is 22.2. The summed E-state index contributed by atoms with van der Waals surface area (Å²) in [5, 5.41) is 9.58. The number of likely N-dealkylation sites (tertiary alicyclic amines) is 2. The molecule has 52 heavy (non-hydrogen) atoms. The van der Waals surface area contributed by atoms with E-state index in [1.54, 1.807) is 37.1 Å². The molecule has 1 unspecified atom stereocenters. The van der Waals surface area contributed by atoms with E-state index in [1.165, 1.54) is 5.69 Å². The summed E-state index contributed by atoms with van der Waals surface area (Å²) >= 11 is 0. The van der Waals surface area contributed by atoms with Crippen molar-refractivity contribution in [2.24, 2.45) is 12.5 Å². The second-order valence-corrected chi connectivity index (χ2v) is 16.9. The fourth-order valence-corrected chi connectivity index (χ4v) is 9.57. The molecule has 5 aliphatic rings. The number of alkyl halides is 2. The van der Waals surface area contributed by atoms with Crippen LogP contribution in [0, 0.1) is 5.41 Å². The van der Waals surface area contributed by atoms with Gasteiger partial charge in [-0.05, 0) is 89.0 Å². The van der Waals surface area contributed by atoms with Gasteiger partial charge in [0.25, 0.3) is 6.43 Å². The first-order valence-corrected chi connectivity index (χ1v) is 19.1. The van der Waals surface area contributed by atoms with E-state index in [9.17, 15) is 18.4 Å². The van der Waals surface area contributed by atoms with Crippen molar-refractivity contribution in [3.63, 3.8) is 0 Å². The molecule has 0 N–H and O–H groups in total. The van der Waals surface area contributed by atoms with Crippen LogP contribution in [0.5, 0.6) is 0 Å². The van der Waals surface area contributed by atoms with Crippen LogP contribution in [0.3, 0.4) is 0 Å². The zero-order chi connectivity index (χ0) is 36.5. The van der Waals surface area contributed by atoms with Gasteiger partial charge in [0, 0.05) is 105 Å². The molecule has 1 saturated carbocycles. The van der Waals surface area contributed by atoms with Crippen molar-refractivity contribution in [2.75, 3.05) is 44.2 Å². The third-order valence-electron chi connectivity index (χ3n) is 12.1. The Morgan fingerprint density at radius 3 is 2.44 bits per heavy atom. The quantitative estimate of drug-likeness (QED) is 0.292. The van der Waals surface area contributed by atoms with Crippen molar-refractivity contribution >= 4 is 23.5 Å². The average Bonchev–Trinajstić information content (AvgIpc) is 3.83. The average molecular weight is 719 g/mol. The van der Waals surface area contributed by atoms with E-state index < -0.39 is 12.0 Å². The maximum atomic E-state index is 14.7. The summed E-state index contributed by atoms with van der Waals surface area (Å²) in [4.78, 5) is 33.7. The molecule has 8 rings (SSSR count). The number of fused-ring (bicyclic) bond motifs is 2. The number of aryl methyl sites for hydroxylation is 2. The molecule has 0 bridgehead atoms. The van der Waals surface area contributed by atoms with Gasteiger partial charge in [-0.3, -0.25) is 14.2 Å². The Balaban J connectivity index is 1.02. The zero-order valence-corrected chi connectivity index (χ0v) is 31.2. The van der Waals surface area contributed by atoms with E-state index >= 15 is 0 Å². The van der Waals surface area contributed by atoms with Crippen LogP contribution in [0.15, 0.2) is 24.5 Å². The van der Waals surface area contributed by atoms with Gasteiger partial charge in [-0.15, -0.1) is 0 Å². The van der Waals surface area contributed by atoms with Crippen molar-refractivity contribution in [1.82, 2.24) is 34.3 Å². The number of carbonyl (C=O) groups is 2. The number of amides is 2. The Morgan fingerprint density at radius 1 is 1.00 bits per heavy atom. The smallest absolute Gasteiger partial charge is 0.410 e. The lowest BCUT2D eigenvalue weighted by molar-refractivity contribution is -0.129. The number of nitrogens with zero attached hydrogens (tertiary/aromatic N) is 8. The van der Waals surface area contributed by atoms with Crippen LogP contribution in [0.2, 0.25) is 0 Å². The summed E-state index contributed by atoms with van der Waals surface area (Å²) in [6.07, 6.45) is 8.38. The predicted molar refractivity (Wildman–Crippen MR) is 194 cm³/mol. The largest absolute Gasteiger partial charge is 0.444 e. The molecule has 1 aliphatic carbocycles. The Labute approximate surface area is 304 Å². The maximum Gasteiger partial charge on any atom is 0.410 e. The van der Waals surface area contributed by atoms with Gasteiger partial charge in [-0.1, -0.05) is 0 Å². The molecule has 4 aliphatic heterocycles. The van der Waals surface area contributed by atoms with Crippen LogP contribution in [0.1, 0.15) is 101 Å². The number of halogens is 2. The SMILES string of the molecule is CC(=O)N1CCc2c(c(N3CCCc4cc(-c5cnn(C)c5)c(C(F)F)cc43)nn2C2CCN(C3CCC4(C3)CN(C(=O)OC(C)(C)C)C4)CC2)C1. The Hall–Kier alpha value is -4.00. The minimum Gasteiger partial charge on any atom is -0.444 e. The summed E-state index contributed by atoms with van der Waals surface area (Å²) in [5.74, 6) is 0.837. The van der Waals surface area contributed by atoms with E-state index in [0.29, 0.717) is 36.8 Å². The lowest BCUT2D eigenvalue weighted by atomic mass is 9.78. The number of hydrogen-bond donors (Lipinski definition) is 0. The second kappa shape index (κ2) is 13.1. The molecule has 11 nitrogen and oxygen atoms in total. The summed E-state index contributed by atoms with van der Waals surface area (Å²) in [6.45, 7) is 12.7. The molecule has 0 radical (unpaired) electrons. The van der Waals surface area contributed by atoms with Crippen molar-refractivity contribution in [2.45, 2.75) is 110 Å². The number of aromatic nitrogens is 4. The number of benzene rings is 1. The molecule has 1 spiro atoms. The van der Waals surface area contributed by atoms with Gasteiger partial charge in [0.15, 0.2) is 5.82 Å². The number of hydrogen-bond acceptors (Lipinski definition) is 7. The van der Waals surface area contributed by atoms with Crippen LogP contribution in [-0.4, -0.2) is 97.2 Å². The van der Waals surface area contributed by atoms with Crippen LogP contribution in [0.4, 0.5) is 25.1 Å². The summed E-state index contributed by atoms with van der Waals surface area (Å²) in [5.41, 5.74) is 4.98. The molecule has 3 aromatic rings. The lowest BCUT2D eigenvalue weighted by Crippen LogP contribution is -2.58. The topological polar surface area (TPSA) is 92.0 Å². The van der Waals surface area contributed by atoms with Crippen LogP contribution in [0.25, 0.3) is 11.1 Å². The summed E-state index contributed by atoms with van der Waals surface area (Å²) < 4.78 is 38.8. The van der Waals surface area contributed by atoms with E-state index in [-0.39, 0.29) is 29.0 Å². The summed E-state index contributed by atoms with van der Waals surface area (Å²) in [6, 6.07) is 4.35. The molecule has 2 amide bonds. The highest BCUT2D eigenvalue weighted by molar-refractivity contribution is 5.78. The second-order valence-electron chi connectivity index (χ2n) is 16.9. The van der Waals surface area contributed by atoms with Gasteiger partial charge in [-0.25, -0.2) is 13.6 Å². The van der Waals surface area contributed by atoms with Crippen LogP contribution in [-0.2, 0) is 36.0 Å². The molecule has 3 fully saturated rings. The van der Waals surface area contributed by atoms with Crippen molar-refractivity contribution in [1.29, 1.82) is 0 Å². The molecule has 2 aromatic heterocycles. The number of ether oxygens (including phenoxy) is 1. The first-order chi connectivity index (χ1) is 24.8. The molecule has 6 heterocycles. The minimum atomic E-state index is -2.64. The number of rotatable bonds is 5. The van der Waals surface area contributed by atoms with Crippen molar-refractivity contribution in [3.05, 3.63) is 46.9 Å². The van der Waals surface area contributed by atoms with Crippen molar-refractivity contribution < 1.29 is 23.1 Å². The molecule has 1 aromatic carbocycles. The van der Waals surface area contributed by atoms with Gasteiger partial charge < -0.3 is 24.3 Å². The predicted octanol–water partition coefficient (Wildman–Crippen LogP) is 6.64. The minimum absolute atomic E-state index is 0.00201. The van der Waals surface area contributed by atoms with E-state index in [0.717, 1.165) is 100 Å². The fraction of sp³-hybridized carbons (Fsp3) is 0.641. The highest BCUT2D eigenvalue weighted by Gasteiger charge is 2.51. The first-order valence-electron chi connectivity index (χ1n) is 19.1.